The Bertz CT molecular complexity index is 486. The van der Waals surface area contributed by atoms with Crippen molar-refractivity contribution >= 4 is 21.9 Å². The molecule has 19 heavy (non-hydrogen) atoms. The average molecular weight is 330 g/mol. The lowest BCUT2D eigenvalue weighted by atomic mass is 9.91. The number of benzene rings is 1. The summed E-state index contributed by atoms with van der Waals surface area (Å²) in [4.78, 5) is 10.6. The van der Waals surface area contributed by atoms with Gasteiger partial charge in [0.15, 0.2) is 0 Å². The van der Waals surface area contributed by atoms with E-state index in [2.05, 4.69) is 15.9 Å². The fourth-order valence-corrected chi connectivity index (χ4v) is 2.55. The number of halogens is 1. The van der Waals surface area contributed by atoms with E-state index in [0.29, 0.717) is 12.0 Å². The van der Waals surface area contributed by atoms with Crippen molar-refractivity contribution in [2.45, 2.75) is 45.6 Å². The van der Waals surface area contributed by atoms with E-state index in [4.69, 9.17) is 10.8 Å². The Morgan fingerprint density at radius 2 is 2.05 bits per heavy atom. The second-order valence-electron chi connectivity index (χ2n) is 5.03. The van der Waals surface area contributed by atoms with Crippen LogP contribution in [0.1, 0.15) is 55.3 Å². The number of aromatic hydroxyl groups is 1. The molecule has 1 aromatic carbocycles. The Labute approximate surface area is 121 Å². The quantitative estimate of drug-likeness (QED) is 0.772. The maximum absolute atomic E-state index is 10.6. The third kappa shape index (κ3) is 3.70. The van der Waals surface area contributed by atoms with Crippen molar-refractivity contribution in [3.8, 4) is 5.75 Å². The number of phenols is 1. The van der Waals surface area contributed by atoms with Gasteiger partial charge in [-0.05, 0) is 36.5 Å². The van der Waals surface area contributed by atoms with Crippen LogP contribution in [0.25, 0.3) is 0 Å². The average Bonchev–Trinajstić information content (AvgIpc) is 2.31. The Morgan fingerprint density at radius 1 is 1.47 bits per heavy atom. The molecular weight excluding hydrogens is 310 g/mol. The van der Waals surface area contributed by atoms with E-state index in [1.807, 2.05) is 26.8 Å². The van der Waals surface area contributed by atoms with Crippen LogP contribution in [-0.2, 0) is 4.79 Å². The topological polar surface area (TPSA) is 83.5 Å². The van der Waals surface area contributed by atoms with Crippen molar-refractivity contribution in [2.75, 3.05) is 0 Å². The standard InChI is InChI=1S/C14H20BrNO3/c1-7(2)9-6-10(15)8(3)13(14(9)19)11(16)4-5-12(17)18/h6-7,11,19H,4-5,16H2,1-3H3,(H,17,18). The summed E-state index contributed by atoms with van der Waals surface area (Å²) < 4.78 is 0.884. The minimum Gasteiger partial charge on any atom is -0.507 e. The van der Waals surface area contributed by atoms with Gasteiger partial charge in [-0.3, -0.25) is 4.79 Å². The van der Waals surface area contributed by atoms with Gasteiger partial charge in [-0.1, -0.05) is 29.8 Å². The summed E-state index contributed by atoms with van der Waals surface area (Å²) in [6.45, 7) is 5.84. The maximum Gasteiger partial charge on any atom is 0.303 e. The highest BCUT2D eigenvalue weighted by Gasteiger charge is 2.21. The fourth-order valence-electron chi connectivity index (χ4n) is 2.09. The monoisotopic (exact) mass is 329 g/mol. The molecule has 0 aliphatic heterocycles. The first-order chi connectivity index (χ1) is 8.75. The second kappa shape index (κ2) is 6.39. The fraction of sp³-hybridized carbons (Fsp3) is 0.500. The van der Waals surface area contributed by atoms with Gasteiger partial charge >= 0.3 is 5.97 Å². The van der Waals surface area contributed by atoms with Crippen molar-refractivity contribution < 1.29 is 15.0 Å². The minimum atomic E-state index is -0.883. The lowest BCUT2D eigenvalue weighted by Gasteiger charge is -2.21. The van der Waals surface area contributed by atoms with Crippen LogP contribution in [0.4, 0.5) is 0 Å². The van der Waals surface area contributed by atoms with E-state index < -0.39 is 12.0 Å². The molecule has 0 amide bonds. The number of aliphatic carboxylic acids is 1. The highest BCUT2D eigenvalue weighted by Crippen LogP contribution is 2.39. The number of carboxylic acid groups (broad SMARTS) is 1. The van der Waals surface area contributed by atoms with Crippen LogP contribution < -0.4 is 5.73 Å². The van der Waals surface area contributed by atoms with Gasteiger partial charge in [0.25, 0.3) is 0 Å². The van der Waals surface area contributed by atoms with Gasteiger partial charge < -0.3 is 15.9 Å². The molecule has 0 aliphatic carbocycles. The zero-order valence-corrected chi connectivity index (χ0v) is 13.0. The molecule has 0 saturated carbocycles. The predicted molar refractivity (Wildman–Crippen MR) is 78.4 cm³/mol. The first-order valence-corrected chi connectivity index (χ1v) is 7.04. The highest BCUT2D eigenvalue weighted by molar-refractivity contribution is 9.10. The summed E-state index contributed by atoms with van der Waals surface area (Å²) in [5.41, 5.74) is 8.36. The van der Waals surface area contributed by atoms with Gasteiger partial charge in [0.1, 0.15) is 5.75 Å². The number of hydrogen-bond donors (Lipinski definition) is 3. The van der Waals surface area contributed by atoms with Crippen LogP contribution in [-0.4, -0.2) is 16.2 Å². The van der Waals surface area contributed by atoms with Gasteiger partial charge in [0.05, 0.1) is 0 Å². The molecule has 0 aliphatic rings. The number of nitrogens with two attached hydrogens (primary N) is 1. The van der Waals surface area contributed by atoms with Crippen LogP contribution in [0.15, 0.2) is 10.5 Å². The van der Waals surface area contributed by atoms with Crippen LogP contribution in [0.5, 0.6) is 5.75 Å². The normalized spacial score (nSPS) is 12.7. The SMILES string of the molecule is Cc1c(Br)cc(C(C)C)c(O)c1C(N)CCC(=O)O. The summed E-state index contributed by atoms with van der Waals surface area (Å²) in [6.07, 6.45) is 0.293. The van der Waals surface area contributed by atoms with Crippen molar-refractivity contribution in [3.63, 3.8) is 0 Å². The van der Waals surface area contributed by atoms with Gasteiger partial charge in [-0.15, -0.1) is 0 Å². The summed E-state index contributed by atoms with van der Waals surface area (Å²) in [7, 11) is 0. The highest BCUT2D eigenvalue weighted by atomic mass is 79.9. The number of phenolic OH excluding ortho intramolecular Hbond substituents is 1. The molecule has 0 radical (unpaired) electrons. The maximum atomic E-state index is 10.6. The Hall–Kier alpha value is -1.07. The van der Waals surface area contributed by atoms with E-state index in [-0.39, 0.29) is 18.1 Å². The Morgan fingerprint density at radius 3 is 2.53 bits per heavy atom. The molecule has 0 heterocycles. The summed E-state index contributed by atoms with van der Waals surface area (Å²) in [5.74, 6) is -0.525. The molecule has 0 spiro atoms. The van der Waals surface area contributed by atoms with Gasteiger partial charge in [-0.2, -0.15) is 0 Å². The predicted octanol–water partition coefficient (Wildman–Crippen LogP) is 3.45. The second-order valence-corrected chi connectivity index (χ2v) is 5.88. The largest absolute Gasteiger partial charge is 0.507 e. The van der Waals surface area contributed by atoms with Crippen molar-refractivity contribution in [2.24, 2.45) is 5.73 Å². The molecule has 106 valence electrons. The van der Waals surface area contributed by atoms with Crippen molar-refractivity contribution in [1.29, 1.82) is 0 Å². The molecule has 0 saturated heterocycles. The Balaban J connectivity index is 3.21. The lowest BCUT2D eigenvalue weighted by Crippen LogP contribution is -2.15. The molecule has 1 aromatic rings. The molecule has 0 fully saturated rings. The molecule has 5 heteroatoms. The third-order valence-electron chi connectivity index (χ3n) is 3.24. The number of hydrogen-bond acceptors (Lipinski definition) is 3. The van der Waals surface area contributed by atoms with Crippen LogP contribution in [0, 0.1) is 6.92 Å². The molecule has 4 N–H and O–H groups in total. The van der Waals surface area contributed by atoms with Crippen molar-refractivity contribution in [1.82, 2.24) is 0 Å². The lowest BCUT2D eigenvalue weighted by molar-refractivity contribution is -0.137. The molecule has 0 bridgehead atoms. The van der Waals surface area contributed by atoms with Crippen LogP contribution in [0.2, 0.25) is 0 Å². The van der Waals surface area contributed by atoms with E-state index in [1.54, 1.807) is 0 Å². The summed E-state index contributed by atoms with van der Waals surface area (Å²) in [5, 5.41) is 19.1. The molecule has 0 aromatic heterocycles. The third-order valence-corrected chi connectivity index (χ3v) is 4.06. The van der Waals surface area contributed by atoms with E-state index in [9.17, 15) is 9.90 Å². The number of carboxylic acids is 1. The minimum absolute atomic E-state index is 0.0103. The molecule has 1 atom stereocenters. The van der Waals surface area contributed by atoms with Gasteiger partial charge in [0.2, 0.25) is 0 Å². The van der Waals surface area contributed by atoms with Gasteiger partial charge in [-0.25, -0.2) is 0 Å². The number of carbonyl (C=O) groups is 1. The first kappa shape index (κ1) is 16.0. The zero-order chi connectivity index (χ0) is 14.7. The van der Waals surface area contributed by atoms with E-state index in [0.717, 1.165) is 15.6 Å². The number of rotatable bonds is 5. The smallest absolute Gasteiger partial charge is 0.303 e. The first-order valence-electron chi connectivity index (χ1n) is 6.24. The Kier molecular flexibility index (Phi) is 5.38. The van der Waals surface area contributed by atoms with Crippen LogP contribution in [0.3, 0.4) is 0 Å². The van der Waals surface area contributed by atoms with E-state index >= 15 is 0 Å². The zero-order valence-electron chi connectivity index (χ0n) is 11.4. The molecular formula is C14H20BrNO3. The molecule has 1 unspecified atom stereocenters. The molecule has 4 nitrogen and oxygen atoms in total. The summed E-state index contributed by atoms with van der Waals surface area (Å²) in [6, 6.07) is 1.41. The van der Waals surface area contributed by atoms with Gasteiger partial charge in [0, 0.05) is 22.5 Å². The van der Waals surface area contributed by atoms with Crippen molar-refractivity contribution in [3.05, 3.63) is 27.2 Å². The van der Waals surface area contributed by atoms with E-state index in [1.165, 1.54) is 0 Å². The van der Waals surface area contributed by atoms with Crippen LogP contribution >= 0.6 is 15.9 Å². The molecule has 1 rings (SSSR count). The summed E-state index contributed by atoms with van der Waals surface area (Å²) >= 11 is 3.46.